The van der Waals surface area contributed by atoms with Gasteiger partial charge in [0.15, 0.2) is 6.61 Å². The molecule has 0 aliphatic heterocycles. The summed E-state index contributed by atoms with van der Waals surface area (Å²) in [6.45, 7) is -0.206. The molecule has 29 heavy (non-hydrogen) atoms. The Morgan fingerprint density at radius 2 is 1.55 bits per heavy atom. The molecule has 0 fully saturated rings. The highest BCUT2D eigenvalue weighted by Crippen LogP contribution is 2.27. The van der Waals surface area contributed by atoms with Crippen LogP contribution in [0.5, 0.6) is 5.75 Å². The number of hydrogen-bond donors (Lipinski definition) is 2. The lowest BCUT2D eigenvalue weighted by Crippen LogP contribution is -2.20. The van der Waals surface area contributed by atoms with Gasteiger partial charge in [-0.05, 0) is 54.6 Å². The lowest BCUT2D eigenvalue weighted by atomic mass is 10.3. The fourth-order valence-corrected chi connectivity index (χ4v) is 3.70. The van der Waals surface area contributed by atoms with E-state index in [1.165, 1.54) is 42.5 Å². The number of carbonyl (C=O) groups excluding carboxylic acids is 1. The third kappa shape index (κ3) is 5.87. The minimum Gasteiger partial charge on any atom is -0.484 e. The fourth-order valence-electron chi connectivity index (χ4n) is 2.36. The largest absolute Gasteiger partial charge is 0.484 e. The van der Waals surface area contributed by atoms with Crippen molar-refractivity contribution in [1.29, 1.82) is 0 Å². The summed E-state index contributed by atoms with van der Waals surface area (Å²) in [7, 11) is -3.82. The molecule has 0 saturated carbocycles. The molecule has 150 valence electrons. The minimum absolute atomic E-state index is 0.0321. The molecule has 0 unspecified atom stereocenters. The van der Waals surface area contributed by atoms with Crippen LogP contribution in [0, 0.1) is 0 Å². The average Bonchev–Trinajstić information content (AvgIpc) is 2.70. The molecule has 0 saturated heterocycles. The molecule has 3 aromatic carbocycles. The second-order valence-corrected chi connectivity index (χ2v) is 8.41. The number of anilines is 2. The lowest BCUT2D eigenvalue weighted by Gasteiger charge is -2.10. The molecule has 2 N–H and O–H groups in total. The maximum atomic E-state index is 12.5. The maximum absolute atomic E-state index is 12.5. The Morgan fingerprint density at radius 1 is 0.862 bits per heavy atom. The Labute approximate surface area is 178 Å². The molecule has 3 aromatic rings. The van der Waals surface area contributed by atoms with Crippen molar-refractivity contribution in [3.05, 3.63) is 82.8 Å². The summed E-state index contributed by atoms with van der Waals surface area (Å²) in [5.41, 5.74) is 0.952. The highest BCUT2D eigenvalue weighted by atomic mass is 35.5. The van der Waals surface area contributed by atoms with Crippen LogP contribution in [0.2, 0.25) is 10.0 Å². The van der Waals surface area contributed by atoms with Crippen LogP contribution in [0.3, 0.4) is 0 Å². The summed E-state index contributed by atoms with van der Waals surface area (Å²) in [5.74, 6) is 0.0379. The fraction of sp³-hybridized carbons (Fsp3) is 0.0500. The zero-order valence-corrected chi connectivity index (χ0v) is 17.3. The van der Waals surface area contributed by atoms with Gasteiger partial charge in [0, 0.05) is 5.69 Å². The molecule has 0 bridgehead atoms. The van der Waals surface area contributed by atoms with Crippen molar-refractivity contribution in [3.8, 4) is 5.75 Å². The first-order valence-electron chi connectivity index (χ1n) is 8.39. The molecule has 0 aromatic heterocycles. The average molecular weight is 451 g/mol. The number of benzene rings is 3. The molecular formula is C20H16Cl2N2O4S. The minimum atomic E-state index is -3.82. The maximum Gasteiger partial charge on any atom is 0.262 e. The number of nitrogens with one attached hydrogen (secondary N) is 2. The predicted molar refractivity (Wildman–Crippen MR) is 114 cm³/mol. The summed E-state index contributed by atoms with van der Waals surface area (Å²) >= 11 is 11.7. The van der Waals surface area contributed by atoms with Crippen molar-refractivity contribution < 1.29 is 17.9 Å². The molecule has 0 spiro atoms. The Morgan fingerprint density at radius 3 is 2.21 bits per heavy atom. The Bertz CT molecular complexity index is 1110. The summed E-state index contributed by atoms with van der Waals surface area (Å²) in [5, 5.41) is 3.26. The van der Waals surface area contributed by atoms with Crippen LogP contribution < -0.4 is 14.8 Å². The van der Waals surface area contributed by atoms with Gasteiger partial charge >= 0.3 is 0 Å². The van der Waals surface area contributed by atoms with Gasteiger partial charge in [-0.1, -0.05) is 41.4 Å². The van der Waals surface area contributed by atoms with Gasteiger partial charge in [0.05, 0.1) is 20.6 Å². The molecule has 1 amide bonds. The zero-order valence-electron chi connectivity index (χ0n) is 14.9. The first-order valence-corrected chi connectivity index (χ1v) is 10.6. The highest BCUT2D eigenvalue weighted by Gasteiger charge is 2.15. The van der Waals surface area contributed by atoms with Gasteiger partial charge in [-0.15, -0.1) is 0 Å². The second-order valence-electron chi connectivity index (χ2n) is 5.91. The number of hydrogen-bond acceptors (Lipinski definition) is 4. The third-order valence-corrected chi connectivity index (χ3v) is 5.87. The van der Waals surface area contributed by atoms with Crippen molar-refractivity contribution in [2.75, 3.05) is 16.6 Å². The third-order valence-electron chi connectivity index (χ3n) is 3.73. The van der Waals surface area contributed by atoms with Crippen LogP contribution >= 0.6 is 23.2 Å². The van der Waals surface area contributed by atoms with Crippen LogP contribution in [-0.4, -0.2) is 20.9 Å². The second kappa shape index (κ2) is 9.17. The van der Waals surface area contributed by atoms with E-state index in [4.69, 9.17) is 27.9 Å². The van der Waals surface area contributed by atoms with E-state index < -0.39 is 10.0 Å². The lowest BCUT2D eigenvalue weighted by molar-refractivity contribution is -0.118. The van der Waals surface area contributed by atoms with Crippen LogP contribution in [0.25, 0.3) is 0 Å². The number of para-hydroxylation sites is 1. The first-order chi connectivity index (χ1) is 13.8. The zero-order chi connectivity index (χ0) is 20.9. The molecule has 0 aliphatic carbocycles. The SMILES string of the molecule is O=C(COc1ccc(S(=O)(=O)Nc2ccc(Cl)c(Cl)c2)cc1)Nc1ccccc1. The number of halogens is 2. The Hall–Kier alpha value is -2.74. The van der Waals surface area contributed by atoms with Gasteiger partial charge in [0.1, 0.15) is 5.75 Å². The van der Waals surface area contributed by atoms with Crippen molar-refractivity contribution in [2.24, 2.45) is 0 Å². The number of ether oxygens (including phenoxy) is 1. The van der Waals surface area contributed by atoms with E-state index in [-0.39, 0.29) is 28.1 Å². The van der Waals surface area contributed by atoms with Crippen molar-refractivity contribution in [1.82, 2.24) is 0 Å². The van der Waals surface area contributed by atoms with Crippen LogP contribution in [0.15, 0.2) is 77.7 Å². The van der Waals surface area contributed by atoms with E-state index >= 15 is 0 Å². The molecule has 0 atom stereocenters. The van der Waals surface area contributed by atoms with Gasteiger partial charge in [-0.3, -0.25) is 9.52 Å². The molecule has 0 heterocycles. The number of carbonyl (C=O) groups is 1. The van der Waals surface area contributed by atoms with Gasteiger partial charge in [-0.25, -0.2) is 8.42 Å². The summed E-state index contributed by atoms with van der Waals surface area (Å²) in [4.78, 5) is 11.9. The molecular weight excluding hydrogens is 435 g/mol. The van der Waals surface area contributed by atoms with Gasteiger partial charge in [-0.2, -0.15) is 0 Å². The van der Waals surface area contributed by atoms with Crippen LogP contribution in [0.1, 0.15) is 0 Å². The Balaban J connectivity index is 1.60. The van der Waals surface area contributed by atoms with E-state index in [9.17, 15) is 13.2 Å². The smallest absolute Gasteiger partial charge is 0.262 e. The van der Waals surface area contributed by atoms with E-state index in [0.29, 0.717) is 16.5 Å². The Kier molecular flexibility index (Phi) is 6.64. The van der Waals surface area contributed by atoms with Crippen molar-refractivity contribution >= 4 is 50.5 Å². The number of sulfonamides is 1. The molecule has 0 aliphatic rings. The van der Waals surface area contributed by atoms with E-state index in [1.807, 2.05) is 18.2 Å². The van der Waals surface area contributed by atoms with Gasteiger partial charge in [0.2, 0.25) is 0 Å². The quantitative estimate of drug-likeness (QED) is 0.540. The normalized spacial score (nSPS) is 11.0. The standard InChI is InChI=1S/C20H16Cl2N2O4S/c21-18-11-6-15(12-19(18)22)24-29(26,27)17-9-7-16(8-10-17)28-13-20(25)23-14-4-2-1-3-5-14/h1-12,24H,13H2,(H,23,25). The van der Waals surface area contributed by atoms with E-state index in [0.717, 1.165) is 0 Å². The molecule has 3 rings (SSSR count). The number of rotatable bonds is 7. The van der Waals surface area contributed by atoms with E-state index in [1.54, 1.807) is 12.1 Å². The molecule has 0 radical (unpaired) electrons. The van der Waals surface area contributed by atoms with E-state index in [2.05, 4.69) is 10.0 Å². The van der Waals surface area contributed by atoms with Gasteiger partial charge in [0.25, 0.3) is 15.9 Å². The summed E-state index contributed by atoms with van der Waals surface area (Å²) in [6, 6.07) is 19.1. The first kappa shape index (κ1) is 21.0. The number of amides is 1. The predicted octanol–water partition coefficient (Wildman–Crippen LogP) is 4.81. The van der Waals surface area contributed by atoms with Crippen LogP contribution in [-0.2, 0) is 14.8 Å². The summed E-state index contributed by atoms with van der Waals surface area (Å²) in [6.07, 6.45) is 0. The van der Waals surface area contributed by atoms with Crippen molar-refractivity contribution in [3.63, 3.8) is 0 Å². The van der Waals surface area contributed by atoms with Crippen LogP contribution in [0.4, 0.5) is 11.4 Å². The summed E-state index contributed by atoms with van der Waals surface area (Å²) < 4.78 is 32.8. The van der Waals surface area contributed by atoms with Crippen molar-refractivity contribution in [2.45, 2.75) is 4.90 Å². The molecule has 6 nitrogen and oxygen atoms in total. The highest BCUT2D eigenvalue weighted by molar-refractivity contribution is 7.92. The monoisotopic (exact) mass is 450 g/mol. The van der Waals surface area contributed by atoms with Gasteiger partial charge < -0.3 is 10.1 Å². The topological polar surface area (TPSA) is 84.5 Å². The molecule has 9 heteroatoms.